The SMILES string of the molecule is CN(C)c1ncc2c(n1)N(C)CCN(CC1CC1)C2=O. The van der Waals surface area contributed by atoms with Crippen LogP contribution >= 0.6 is 0 Å². The Morgan fingerprint density at radius 1 is 1.35 bits per heavy atom. The summed E-state index contributed by atoms with van der Waals surface area (Å²) in [7, 11) is 5.79. The van der Waals surface area contributed by atoms with Gasteiger partial charge in [0.1, 0.15) is 11.4 Å². The minimum Gasteiger partial charge on any atom is -0.357 e. The number of nitrogens with zero attached hydrogens (tertiary/aromatic N) is 5. The Labute approximate surface area is 119 Å². The summed E-state index contributed by atoms with van der Waals surface area (Å²) in [6.07, 6.45) is 4.17. The van der Waals surface area contributed by atoms with Crippen molar-refractivity contribution in [3.05, 3.63) is 11.8 Å². The molecule has 1 aromatic heterocycles. The van der Waals surface area contributed by atoms with Crippen LogP contribution in [0.25, 0.3) is 0 Å². The molecule has 0 unspecified atom stereocenters. The van der Waals surface area contributed by atoms with Gasteiger partial charge >= 0.3 is 0 Å². The van der Waals surface area contributed by atoms with Crippen molar-refractivity contribution in [2.45, 2.75) is 12.8 Å². The summed E-state index contributed by atoms with van der Waals surface area (Å²) in [6.45, 7) is 2.45. The number of rotatable bonds is 3. The van der Waals surface area contributed by atoms with Crippen LogP contribution < -0.4 is 9.80 Å². The molecule has 6 heteroatoms. The Morgan fingerprint density at radius 3 is 2.75 bits per heavy atom. The van der Waals surface area contributed by atoms with E-state index in [1.54, 1.807) is 6.20 Å². The molecule has 2 aliphatic rings. The summed E-state index contributed by atoms with van der Waals surface area (Å²) >= 11 is 0. The number of hydrogen-bond acceptors (Lipinski definition) is 5. The number of aromatic nitrogens is 2. The molecule has 1 aromatic rings. The third-order valence-corrected chi connectivity index (χ3v) is 3.92. The van der Waals surface area contributed by atoms with Gasteiger partial charge in [0.25, 0.3) is 5.91 Å². The molecule has 0 saturated heterocycles. The first-order chi connectivity index (χ1) is 9.56. The predicted molar refractivity (Wildman–Crippen MR) is 78.3 cm³/mol. The average Bonchev–Trinajstić information content (AvgIpc) is 3.25. The van der Waals surface area contributed by atoms with Gasteiger partial charge in [-0.1, -0.05) is 0 Å². The molecule has 6 nitrogen and oxygen atoms in total. The molecule has 1 aliphatic heterocycles. The minimum absolute atomic E-state index is 0.0709. The van der Waals surface area contributed by atoms with Crippen molar-refractivity contribution in [2.24, 2.45) is 5.92 Å². The summed E-state index contributed by atoms with van der Waals surface area (Å²) in [6, 6.07) is 0. The van der Waals surface area contributed by atoms with Gasteiger partial charge in [0.2, 0.25) is 5.95 Å². The van der Waals surface area contributed by atoms with Crippen LogP contribution in [0.3, 0.4) is 0 Å². The zero-order chi connectivity index (χ0) is 14.3. The summed E-state index contributed by atoms with van der Waals surface area (Å²) < 4.78 is 0. The average molecular weight is 275 g/mol. The van der Waals surface area contributed by atoms with E-state index in [0.717, 1.165) is 25.5 Å². The normalized spacial score (nSPS) is 18.9. The van der Waals surface area contributed by atoms with E-state index in [4.69, 9.17) is 0 Å². The van der Waals surface area contributed by atoms with Gasteiger partial charge < -0.3 is 14.7 Å². The van der Waals surface area contributed by atoms with E-state index in [2.05, 4.69) is 14.9 Å². The Kier molecular flexibility index (Phi) is 3.23. The van der Waals surface area contributed by atoms with E-state index in [1.807, 2.05) is 30.9 Å². The van der Waals surface area contributed by atoms with Crippen LogP contribution in [0.15, 0.2) is 6.20 Å². The first-order valence-electron chi connectivity index (χ1n) is 7.11. The van der Waals surface area contributed by atoms with E-state index in [9.17, 15) is 4.79 Å². The lowest BCUT2D eigenvalue weighted by Gasteiger charge is -2.20. The molecular formula is C14H21N5O. The van der Waals surface area contributed by atoms with Gasteiger partial charge in [-0.15, -0.1) is 0 Å². The minimum atomic E-state index is 0.0709. The molecule has 0 spiro atoms. The zero-order valence-corrected chi connectivity index (χ0v) is 12.3. The van der Waals surface area contributed by atoms with Gasteiger partial charge in [-0.25, -0.2) is 4.98 Å². The lowest BCUT2D eigenvalue weighted by molar-refractivity contribution is 0.0758. The maximum absolute atomic E-state index is 12.6. The fraction of sp³-hybridized carbons (Fsp3) is 0.643. The van der Waals surface area contributed by atoms with Crippen molar-refractivity contribution >= 4 is 17.7 Å². The van der Waals surface area contributed by atoms with E-state index >= 15 is 0 Å². The highest BCUT2D eigenvalue weighted by atomic mass is 16.2. The van der Waals surface area contributed by atoms with E-state index < -0.39 is 0 Å². The number of carbonyl (C=O) groups is 1. The second kappa shape index (κ2) is 4.92. The Balaban J connectivity index is 1.93. The van der Waals surface area contributed by atoms with E-state index in [1.165, 1.54) is 12.8 Å². The fourth-order valence-corrected chi connectivity index (χ4v) is 2.46. The largest absolute Gasteiger partial charge is 0.357 e. The Morgan fingerprint density at radius 2 is 2.10 bits per heavy atom. The summed E-state index contributed by atoms with van der Waals surface area (Å²) in [5, 5.41) is 0. The molecule has 0 atom stereocenters. The number of fused-ring (bicyclic) bond motifs is 1. The second-order valence-corrected chi connectivity index (χ2v) is 5.92. The third kappa shape index (κ3) is 2.42. The van der Waals surface area contributed by atoms with Crippen LogP contribution in [0.2, 0.25) is 0 Å². The van der Waals surface area contributed by atoms with Crippen molar-refractivity contribution < 1.29 is 4.79 Å². The second-order valence-electron chi connectivity index (χ2n) is 5.92. The zero-order valence-electron chi connectivity index (χ0n) is 12.3. The molecule has 0 aromatic carbocycles. The molecule has 0 N–H and O–H groups in total. The van der Waals surface area contributed by atoms with Crippen LogP contribution in [0.1, 0.15) is 23.2 Å². The van der Waals surface area contributed by atoms with Crippen molar-refractivity contribution in [3.8, 4) is 0 Å². The van der Waals surface area contributed by atoms with Crippen molar-refractivity contribution in [1.82, 2.24) is 14.9 Å². The highest BCUT2D eigenvalue weighted by Gasteiger charge is 2.31. The monoisotopic (exact) mass is 275 g/mol. The van der Waals surface area contributed by atoms with Crippen LogP contribution in [-0.4, -0.2) is 61.6 Å². The summed E-state index contributed by atoms with van der Waals surface area (Å²) in [5.41, 5.74) is 0.622. The van der Waals surface area contributed by atoms with E-state index in [0.29, 0.717) is 17.4 Å². The van der Waals surface area contributed by atoms with Crippen LogP contribution in [0, 0.1) is 5.92 Å². The standard InChI is InChI=1S/C14H21N5O/c1-17(2)14-15-8-11-12(16-14)18(3)6-7-19(13(11)20)9-10-4-5-10/h8,10H,4-7,9H2,1-3H3. The number of anilines is 2. The molecule has 108 valence electrons. The van der Waals surface area contributed by atoms with Crippen LogP contribution in [0.5, 0.6) is 0 Å². The molecule has 0 bridgehead atoms. The number of hydrogen-bond donors (Lipinski definition) is 0. The smallest absolute Gasteiger partial charge is 0.259 e. The summed E-state index contributed by atoms with van der Waals surface area (Å²) in [5.74, 6) is 2.15. The molecule has 20 heavy (non-hydrogen) atoms. The first kappa shape index (κ1) is 13.1. The number of carbonyl (C=O) groups excluding carboxylic acids is 1. The quantitative estimate of drug-likeness (QED) is 0.818. The van der Waals surface area contributed by atoms with Gasteiger partial charge in [-0.2, -0.15) is 4.98 Å². The number of likely N-dealkylation sites (N-methyl/N-ethyl adjacent to an activating group) is 1. The Bertz CT molecular complexity index is 526. The summed E-state index contributed by atoms with van der Waals surface area (Å²) in [4.78, 5) is 27.3. The number of amides is 1. The predicted octanol–water partition coefficient (Wildman–Crippen LogP) is 0.845. The maximum Gasteiger partial charge on any atom is 0.259 e. The Hall–Kier alpha value is -1.85. The van der Waals surface area contributed by atoms with Gasteiger partial charge in [0.15, 0.2) is 0 Å². The fourth-order valence-electron chi connectivity index (χ4n) is 2.46. The van der Waals surface area contributed by atoms with Gasteiger partial charge in [0, 0.05) is 47.0 Å². The highest BCUT2D eigenvalue weighted by molar-refractivity contribution is 5.99. The highest BCUT2D eigenvalue weighted by Crippen LogP contribution is 2.31. The van der Waals surface area contributed by atoms with Gasteiger partial charge in [0.05, 0.1) is 0 Å². The van der Waals surface area contributed by atoms with Crippen molar-refractivity contribution in [1.29, 1.82) is 0 Å². The molecule has 0 radical (unpaired) electrons. The van der Waals surface area contributed by atoms with Crippen LogP contribution in [-0.2, 0) is 0 Å². The molecule has 1 saturated carbocycles. The topological polar surface area (TPSA) is 52.6 Å². The lowest BCUT2D eigenvalue weighted by atomic mass is 10.2. The maximum atomic E-state index is 12.6. The molecule has 1 amide bonds. The first-order valence-corrected chi connectivity index (χ1v) is 7.11. The van der Waals surface area contributed by atoms with Crippen molar-refractivity contribution in [2.75, 3.05) is 50.6 Å². The van der Waals surface area contributed by atoms with E-state index in [-0.39, 0.29) is 5.91 Å². The molecule has 3 rings (SSSR count). The third-order valence-electron chi connectivity index (χ3n) is 3.92. The lowest BCUT2D eigenvalue weighted by Crippen LogP contribution is -2.35. The molecule has 1 aliphatic carbocycles. The van der Waals surface area contributed by atoms with Crippen LogP contribution in [0.4, 0.5) is 11.8 Å². The molecule has 1 fully saturated rings. The molecule has 2 heterocycles. The van der Waals surface area contributed by atoms with Crippen molar-refractivity contribution in [3.63, 3.8) is 0 Å². The molecular weight excluding hydrogens is 254 g/mol. The van der Waals surface area contributed by atoms with Gasteiger partial charge in [-0.3, -0.25) is 4.79 Å². The van der Waals surface area contributed by atoms with Gasteiger partial charge in [-0.05, 0) is 18.8 Å².